The van der Waals surface area contributed by atoms with Crippen molar-refractivity contribution in [2.24, 2.45) is 5.92 Å². The summed E-state index contributed by atoms with van der Waals surface area (Å²) in [6, 6.07) is 10.7. The lowest BCUT2D eigenvalue weighted by Crippen LogP contribution is -2.37. The van der Waals surface area contributed by atoms with Gasteiger partial charge in [0.25, 0.3) is 0 Å². The van der Waals surface area contributed by atoms with Gasteiger partial charge in [0, 0.05) is 18.0 Å². The van der Waals surface area contributed by atoms with E-state index in [2.05, 4.69) is 28.5 Å². The maximum atomic E-state index is 10.3. The van der Waals surface area contributed by atoms with Gasteiger partial charge in [0.05, 0.1) is 24.1 Å². The van der Waals surface area contributed by atoms with Gasteiger partial charge in [0.2, 0.25) is 0 Å². The average Bonchev–Trinajstić information content (AvgIpc) is 3.33. The molecule has 0 atom stereocenters. The van der Waals surface area contributed by atoms with E-state index in [1.165, 1.54) is 5.56 Å². The Labute approximate surface area is 170 Å². The van der Waals surface area contributed by atoms with Crippen LogP contribution in [0.15, 0.2) is 36.5 Å². The van der Waals surface area contributed by atoms with Gasteiger partial charge in [-0.3, -0.25) is 0 Å². The van der Waals surface area contributed by atoms with Crippen molar-refractivity contribution in [2.45, 2.75) is 57.6 Å². The van der Waals surface area contributed by atoms with E-state index in [1.54, 1.807) is 0 Å². The van der Waals surface area contributed by atoms with E-state index in [0.717, 1.165) is 67.2 Å². The topological polar surface area (TPSA) is 71.7 Å². The number of hydrogen-bond donors (Lipinski definition) is 2. The summed E-state index contributed by atoms with van der Waals surface area (Å²) in [4.78, 5) is 4.52. The average molecular weight is 393 g/mol. The first kappa shape index (κ1) is 18.4. The molecule has 2 N–H and O–H groups in total. The standard InChI is InChI=1S/C23H28N4O2/c1-23(2,28)17-5-7-18(8-6-17)25-21-9-10-22-24-14-19(27(22)26-21)16-4-3-15-11-12-29-20(15)13-16/h3-4,9-10,13-14,17-18,28H,5-8,11-12H2,1-2H3,(H,25,26). The Kier molecular flexibility index (Phi) is 4.46. The Morgan fingerprint density at radius 3 is 2.76 bits per heavy atom. The first-order valence-corrected chi connectivity index (χ1v) is 10.6. The van der Waals surface area contributed by atoms with Crippen molar-refractivity contribution in [3.05, 3.63) is 42.1 Å². The van der Waals surface area contributed by atoms with Crippen LogP contribution in [0.3, 0.4) is 0 Å². The zero-order valence-electron chi connectivity index (χ0n) is 17.1. The van der Waals surface area contributed by atoms with Gasteiger partial charge in [-0.15, -0.1) is 5.10 Å². The normalized spacial score (nSPS) is 21.8. The van der Waals surface area contributed by atoms with Crippen molar-refractivity contribution >= 4 is 11.5 Å². The third kappa shape index (κ3) is 3.57. The number of benzene rings is 1. The molecule has 0 amide bonds. The minimum Gasteiger partial charge on any atom is -0.493 e. The zero-order chi connectivity index (χ0) is 20.0. The van der Waals surface area contributed by atoms with Crippen LogP contribution in [0.4, 0.5) is 5.82 Å². The minimum absolute atomic E-state index is 0.373. The monoisotopic (exact) mass is 392 g/mol. The van der Waals surface area contributed by atoms with Crippen LogP contribution >= 0.6 is 0 Å². The van der Waals surface area contributed by atoms with Crippen LogP contribution in [-0.2, 0) is 6.42 Å². The summed E-state index contributed by atoms with van der Waals surface area (Å²) >= 11 is 0. The highest BCUT2D eigenvalue weighted by atomic mass is 16.5. The van der Waals surface area contributed by atoms with E-state index in [4.69, 9.17) is 9.84 Å². The quantitative estimate of drug-likeness (QED) is 0.700. The van der Waals surface area contributed by atoms with Crippen molar-refractivity contribution in [3.63, 3.8) is 0 Å². The second-order valence-electron chi connectivity index (χ2n) is 8.90. The summed E-state index contributed by atoms with van der Waals surface area (Å²) in [6.07, 6.45) is 7.02. The second kappa shape index (κ2) is 7.02. The van der Waals surface area contributed by atoms with Crippen LogP contribution in [0, 0.1) is 5.92 Å². The molecule has 3 heterocycles. The van der Waals surface area contributed by atoms with Crippen LogP contribution < -0.4 is 10.1 Å². The maximum absolute atomic E-state index is 10.3. The van der Waals surface area contributed by atoms with E-state index >= 15 is 0 Å². The Morgan fingerprint density at radius 1 is 1.14 bits per heavy atom. The van der Waals surface area contributed by atoms with Gasteiger partial charge < -0.3 is 15.2 Å². The van der Waals surface area contributed by atoms with Crippen molar-refractivity contribution in [1.29, 1.82) is 0 Å². The van der Waals surface area contributed by atoms with Crippen molar-refractivity contribution in [2.75, 3.05) is 11.9 Å². The van der Waals surface area contributed by atoms with E-state index < -0.39 is 5.60 Å². The first-order chi connectivity index (χ1) is 14.0. The van der Waals surface area contributed by atoms with Crippen molar-refractivity contribution in [3.8, 4) is 17.0 Å². The number of rotatable bonds is 4. The number of aliphatic hydroxyl groups is 1. The predicted molar refractivity (Wildman–Crippen MR) is 113 cm³/mol. The molecule has 0 saturated heterocycles. The number of nitrogens with one attached hydrogen (secondary N) is 1. The molecule has 2 aromatic heterocycles. The lowest BCUT2D eigenvalue weighted by molar-refractivity contribution is -0.000405. The summed E-state index contributed by atoms with van der Waals surface area (Å²) in [5.41, 5.74) is 3.53. The Morgan fingerprint density at radius 2 is 1.97 bits per heavy atom. The first-order valence-electron chi connectivity index (χ1n) is 10.6. The van der Waals surface area contributed by atoms with Crippen LogP contribution in [0.2, 0.25) is 0 Å². The zero-order valence-corrected chi connectivity index (χ0v) is 17.1. The van der Waals surface area contributed by atoms with Crippen molar-refractivity contribution in [1.82, 2.24) is 14.6 Å². The fraction of sp³-hybridized carbons (Fsp3) is 0.478. The molecule has 1 saturated carbocycles. The molecule has 0 radical (unpaired) electrons. The number of ether oxygens (including phenoxy) is 1. The predicted octanol–water partition coefficient (Wildman–Crippen LogP) is 4.07. The van der Waals surface area contributed by atoms with Gasteiger partial charge >= 0.3 is 0 Å². The molecule has 2 aliphatic rings. The lowest BCUT2D eigenvalue weighted by Gasteiger charge is -2.36. The summed E-state index contributed by atoms with van der Waals surface area (Å²) in [5, 5.41) is 18.7. The molecule has 152 valence electrons. The Bertz CT molecular complexity index is 1030. The van der Waals surface area contributed by atoms with Crippen LogP contribution in [-0.4, -0.2) is 38.0 Å². The number of anilines is 1. The number of aromatic nitrogens is 3. The third-order valence-electron chi connectivity index (χ3n) is 6.43. The number of fused-ring (bicyclic) bond motifs is 2. The molecule has 5 rings (SSSR count). The van der Waals surface area contributed by atoms with Crippen LogP contribution in [0.1, 0.15) is 45.1 Å². The molecule has 1 fully saturated rings. The molecular weight excluding hydrogens is 364 g/mol. The number of nitrogens with zero attached hydrogens (tertiary/aromatic N) is 3. The highest BCUT2D eigenvalue weighted by molar-refractivity contribution is 5.66. The molecule has 0 unspecified atom stereocenters. The Hall–Kier alpha value is -2.60. The van der Waals surface area contributed by atoms with Gasteiger partial charge in [0.1, 0.15) is 11.6 Å². The van der Waals surface area contributed by atoms with E-state index in [9.17, 15) is 5.11 Å². The summed E-state index contributed by atoms with van der Waals surface area (Å²) in [7, 11) is 0. The molecule has 1 aliphatic heterocycles. The minimum atomic E-state index is -0.590. The fourth-order valence-electron chi connectivity index (χ4n) is 4.63. The SMILES string of the molecule is CC(C)(O)C1CCC(Nc2ccc3ncc(-c4ccc5c(c4)OCC5)n3n2)CC1. The number of imidazole rings is 1. The third-order valence-corrected chi connectivity index (χ3v) is 6.43. The molecule has 3 aromatic rings. The Balaban J connectivity index is 1.36. The molecular formula is C23H28N4O2. The van der Waals surface area contributed by atoms with Gasteiger partial charge in [-0.2, -0.15) is 0 Å². The van der Waals surface area contributed by atoms with E-state index in [0.29, 0.717) is 12.0 Å². The van der Waals surface area contributed by atoms with Gasteiger partial charge in [0.15, 0.2) is 5.65 Å². The van der Waals surface area contributed by atoms with Gasteiger partial charge in [-0.1, -0.05) is 12.1 Å². The summed E-state index contributed by atoms with van der Waals surface area (Å²) in [5.74, 6) is 2.20. The molecule has 0 bridgehead atoms. The van der Waals surface area contributed by atoms with Crippen LogP contribution in [0.25, 0.3) is 16.9 Å². The summed E-state index contributed by atoms with van der Waals surface area (Å²) < 4.78 is 7.63. The molecule has 6 nitrogen and oxygen atoms in total. The highest BCUT2D eigenvalue weighted by Gasteiger charge is 2.31. The lowest BCUT2D eigenvalue weighted by atomic mass is 9.77. The fourth-order valence-corrected chi connectivity index (χ4v) is 4.63. The molecule has 6 heteroatoms. The van der Waals surface area contributed by atoms with Gasteiger partial charge in [-0.05, 0) is 69.2 Å². The molecule has 1 aromatic carbocycles. The smallest absolute Gasteiger partial charge is 0.154 e. The van der Waals surface area contributed by atoms with E-state index in [1.807, 2.05) is 36.7 Å². The summed E-state index contributed by atoms with van der Waals surface area (Å²) in [6.45, 7) is 4.60. The van der Waals surface area contributed by atoms with Gasteiger partial charge in [-0.25, -0.2) is 9.50 Å². The highest BCUT2D eigenvalue weighted by Crippen LogP contribution is 2.34. The second-order valence-corrected chi connectivity index (χ2v) is 8.90. The molecule has 29 heavy (non-hydrogen) atoms. The van der Waals surface area contributed by atoms with E-state index in [-0.39, 0.29) is 0 Å². The molecule has 0 spiro atoms. The maximum Gasteiger partial charge on any atom is 0.154 e. The molecule has 1 aliphatic carbocycles. The largest absolute Gasteiger partial charge is 0.493 e. The van der Waals surface area contributed by atoms with Crippen molar-refractivity contribution < 1.29 is 9.84 Å². The van der Waals surface area contributed by atoms with Crippen LogP contribution in [0.5, 0.6) is 5.75 Å². The number of hydrogen-bond acceptors (Lipinski definition) is 5.